The number of hydrogen-bond acceptors (Lipinski definition) is 3. The zero-order valence-corrected chi connectivity index (χ0v) is 11.8. The van der Waals surface area contributed by atoms with Gasteiger partial charge in [-0.25, -0.2) is 9.18 Å². The minimum absolute atomic E-state index is 0.138. The van der Waals surface area contributed by atoms with Crippen molar-refractivity contribution in [2.75, 3.05) is 19.0 Å². The molecular formula is C14H19FN2O4. The monoisotopic (exact) mass is 298 g/mol. The Bertz CT molecular complexity index is 494. The number of carboxylic acids is 1. The van der Waals surface area contributed by atoms with Gasteiger partial charge in [0.05, 0.1) is 12.8 Å². The van der Waals surface area contributed by atoms with Crippen LogP contribution in [0.4, 0.5) is 14.9 Å². The van der Waals surface area contributed by atoms with Gasteiger partial charge in [-0.3, -0.25) is 4.79 Å². The zero-order valence-electron chi connectivity index (χ0n) is 11.8. The van der Waals surface area contributed by atoms with Crippen LogP contribution in [0.15, 0.2) is 18.2 Å². The van der Waals surface area contributed by atoms with E-state index in [1.165, 1.54) is 25.3 Å². The molecule has 0 saturated carbocycles. The predicted octanol–water partition coefficient (Wildman–Crippen LogP) is 2.60. The molecule has 0 unspecified atom stereocenters. The lowest BCUT2D eigenvalue weighted by Crippen LogP contribution is -2.29. The number of hydrogen-bond donors (Lipinski definition) is 3. The number of amides is 2. The van der Waals surface area contributed by atoms with E-state index in [-0.39, 0.29) is 12.2 Å². The third-order valence-corrected chi connectivity index (χ3v) is 2.76. The molecule has 0 fully saturated rings. The Morgan fingerprint density at radius 3 is 2.71 bits per heavy atom. The molecule has 0 aromatic heterocycles. The molecule has 6 nitrogen and oxygen atoms in total. The molecule has 0 spiro atoms. The fourth-order valence-corrected chi connectivity index (χ4v) is 1.71. The molecule has 1 rings (SSSR count). The molecule has 0 heterocycles. The summed E-state index contributed by atoms with van der Waals surface area (Å²) in [4.78, 5) is 22.0. The van der Waals surface area contributed by atoms with Crippen molar-refractivity contribution in [3.63, 3.8) is 0 Å². The largest absolute Gasteiger partial charge is 0.494 e. The molecule has 0 atom stereocenters. The maximum Gasteiger partial charge on any atom is 0.319 e. The summed E-state index contributed by atoms with van der Waals surface area (Å²) in [6.45, 7) is 0.439. The van der Waals surface area contributed by atoms with E-state index in [1.807, 2.05) is 0 Å². The molecule has 1 aromatic carbocycles. The first-order chi connectivity index (χ1) is 10.0. The number of carbonyl (C=O) groups is 2. The van der Waals surface area contributed by atoms with Gasteiger partial charge < -0.3 is 20.5 Å². The Morgan fingerprint density at radius 1 is 1.29 bits per heavy atom. The maximum absolute atomic E-state index is 13.0. The number of anilines is 1. The minimum Gasteiger partial charge on any atom is -0.494 e. The van der Waals surface area contributed by atoms with E-state index in [4.69, 9.17) is 9.84 Å². The number of carboxylic acid groups (broad SMARTS) is 1. The van der Waals surface area contributed by atoms with Gasteiger partial charge in [0.1, 0.15) is 11.6 Å². The molecule has 0 bridgehead atoms. The number of nitrogens with one attached hydrogen (secondary N) is 2. The Balaban J connectivity index is 2.29. The molecule has 0 aliphatic carbocycles. The van der Waals surface area contributed by atoms with Crippen LogP contribution in [0.2, 0.25) is 0 Å². The topological polar surface area (TPSA) is 87.7 Å². The minimum atomic E-state index is -0.816. The summed E-state index contributed by atoms with van der Waals surface area (Å²) in [6, 6.07) is 3.41. The van der Waals surface area contributed by atoms with Gasteiger partial charge in [0.2, 0.25) is 0 Å². The summed E-state index contributed by atoms with van der Waals surface area (Å²) in [5.41, 5.74) is 0.377. The summed E-state index contributed by atoms with van der Waals surface area (Å²) in [5, 5.41) is 13.7. The predicted molar refractivity (Wildman–Crippen MR) is 76.1 cm³/mol. The lowest BCUT2D eigenvalue weighted by molar-refractivity contribution is -0.137. The third-order valence-electron chi connectivity index (χ3n) is 2.76. The molecule has 0 saturated heterocycles. The zero-order chi connectivity index (χ0) is 15.7. The van der Waals surface area contributed by atoms with Gasteiger partial charge >= 0.3 is 12.0 Å². The first-order valence-electron chi connectivity index (χ1n) is 6.63. The Kier molecular flexibility index (Phi) is 7.00. The summed E-state index contributed by atoms with van der Waals surface area (Å²) >= 11 is 0. The van der Waals surface area contributed by atoms with Crippen LogP contribution in [-0.2, 0) is 4.79 Å². The van der Waals surface area contributed by atoms with Crippen molar-refractivity contribution in [1.82, 2.24) is 5.32 Å². The molecule has 0 aliphatic rings. The average Bonchev–Trinajstić information content (AvgIpc) is 2.44. The summed E-state index contributed by atoms with van der Waals surface area (Å²) in [5.74, 6) is -1.02. The molecule has 2 amide bonds. The molecule has 116 valence electrons. The van der Waals surface area contributed by atoms with E-state index < -0.39 is 17.8 Å². The SMILES string of the molecule is COc1cc(F)ccc1NC(=O)NCCCCCC(=O)O. The van der Waals surface area contributed by atoms with Crippen molar-refractivity contribution in [2.24, 2.45) is 0 Å². The fraction of sp³-hybridized carbons (Fsp3) is 0.429. The quantitative estimate of drug-likeness (QED) is 0.644. The second-order valence-electron chi connectivity index (χ2n) is 4.43. The number of urea groups is 1. The first kappa shape index (κ1) is 16.7. The molecule has 0 radical (unpaired) electrons. The van der Waals surface area contributed by atoms with Crippen LogP contribution in [0.1, 0.15) is 25.7 Å². The van der Waals surface area contributed by atoms with Gasteiger partial charge in [-0.05, 0) is 25.0 Å². The molecule has 0 aliphatic heterocycles. The van der Waals surface area contributed by atoms with Crippen molar-refractivity contribution in [2.45, 2.75) is 25.7 Å². The summed E-state index contributed by atoms with van der Waals surface area (Å²) in [6.07, 6.45) is 2.15. The number of rotatable bonds is 8. The summed E-state index contributed by atoms with van der Waals surface area (Å²) in [7, 11) is 1.39. The Labute approximate surface area is 122 Å². The Morgan fingerprint density at radius 2 is 2.05 bits per heavy atom. The van der Waals surface area contributed by atoms with E-state index in [1.54, 1.807) is 0 Å². The number of aliphatic carboxylic acids is 1. The van der Waals surface area contributed by atoms with Gasteiger partial charge in [-0.15, -0.1) is 0 Å². The highest BCUT2D eigenvalue weighted by Crippen LogP contribution is 2.24. The summed E-state index contributed by atoms with van der Waals surface area (Å²) < 4.78 is 18.0. The lowest BCUT2D eigenvalue weighted by atomic mass is 10.2. The highest BCUT2D eigenvalue weighted by molar-refractivity contribution is 5.90. The van der Waals surface area contributed by atoms with Crippen LogP contribution in [0, 0.1) is 5.82 Å². The van der Waals surface area contributed by atoms with Crippen LogP contribution >= 0.6 is 0 Å². The van der Waals surface area contributed by atoms with Crippen LogP contribution in [-0.4, -0.2) is 30.8 Å². The van der Waals surface area contributed by atoms with Crippen LogP contribution in [0.3, 0.4) is 0 Å². The normalized spacial score (nSPS) is 10.0. The highest BCUT2D eigenvalue weighted by atomic mass is 19.1. The van der Waals surface area contributed by atoms with Gasteiger partial charge in [-0.1, -0.05) is 6.42 Å². The second-order valence-corrected chi connectivity index (χ2v) is 4.43. The third kappa shape index (κ3) is 6.60. The van der Waals surface area contributed by atoms with Crippen LogP contribution in [0.5, 0.6) is 5.75 Å². The van der Waals surface area contributed by atoms with Crippen molar-refractivity contribution in [3.8, 4) is 5.75 Å². The van der Waals surface area contributed by atoms with Crippen molar-refractivity contribution in [1.29, 1.82) is 0 Å². The number of ether oxygens (including phenoxy) is 1. The van der Waals surface area contributed by atoms with E-state index in [0.29, 0.717) is 25.1 Å². The van der Waals surface area contributed by atoms with Crippen LogP contribution in [0.25, 0.3) is 0 Å². The molecule has 1 aromatic rings. The number of halogens is 1. The number of benzene rings is 1. The van der Waals surface area contributed by atoms with E-state index in [0.717, 1.165) is 6.42 Å². The van der Waals surface area contributed by atoms with E-state index in [2.05, 4.69) is 10.6 Å². The van der Waals surface area contributed by atoms with Crippen molar-refractivity contribution in [3.05, 3.63) is 24.0 Å². The van der Waals surface area contributed by atoms with Gasteiger partial charge in [0.25, 0.3) is 0 Å². The Hall–Kier alpha value is -2.31. The highest BCUT2D eigenvalue weighted by Gasteiger charge is 2.08. The van der Waals surface area contributed by atoms with Crippen molar-refractivity contribution < 1.29 is 23.8 Å². The lowest BCUT2D eigenvalue weighted by Gasteiger charge is -2.11. The average molecular weight is 298 g/mol. The smallest absolute Gasteiger partial charge is 0.319 e. The van der Waals surface area contributed by atoms with Gasteiger partial charge in [-0.2, -0.15) is 0 Å². The number of unbranched alkanes of at least 4 members (excludes halogenated alkanes) is 2. The molecule has 7 heteroatoms. The van der Waals surface area contributed by atoms with Gasteiger partial charge in [0.15, 0.2) is 0 Å². The maximum atomic E-state index is 13.0. The van der Waals surface area contributed by atoms with E-state index >= 15 is 0 Å². The van der Waals surface area contributed by atoms with Gasteiger partial charge in [0, 0.05) is 19.0 Å². The standard InChI is InChI=1S/C14H19FN2O4/c1-21-12-9-10(15)6-7-11(12)17-14(20)16-8-4-2-3-5-13(18)19/h6-7,9H,2-5,8H2,1H3,(H,18,19)(H2,16,17,20). The molecule has 3 N–H and O–H groups in total. The number of carbonyl (C=O) groups excluding carboxylic acids is 1. The second kappa shape index (κ2) is 8.78. The molecular weight excluding hydrogens is 279 g/mol. The first-order valence-corrected chi connectivity index (χ1v) is 6.63. The fourth-order valence-electron chi connectivity index (χ4n) is 1.71. The molecule has 21 heavy (non-hydrogen) atoms. The van der Waals surface area contributed by atoms with Crippen LogP contribution < -0.4 is 15.4 Å². The van der Waals surface area contributed by atoms with E-state index in [9.17, 15) is 14.0 Å². The van der Waals surface area contributed by atoms with Crippen molar-refractivity contribution >= 4 is 17.7 Å². The number of methoxy groups -OCH3 is 1.